The molecule has 1 aromatic carbocycles. The minimum absolute atomic E-state index is 0.0196. The molecule has 0 aromatic heterocycles. The van der Waals surface area contributed by atoms with E-state index in [4.69, 9.17) is 16.3 Å². The third kappa shape index (κ3) is 2.69. The predicted octanol–water partition coefficient (Wildman–Crippen LogP) is 2.84. The Kier molecular flexibility index (Phi) is 2.91. The highest BCUT2D eigenvalue weighted by molar-refractivity contribution is 6.30. The van der Waals surface area contributed by atoms with Crippen molar-refractivity contribution in [1.82, 2.24) is 0 Å². The molecule has 0 atom stereocenters. The van der Waals surface area contributed by atoms with Crippen LogP contribution in [0.1, 0.15) is 12.8 Å². The van der Waals surface area contributed by atoms with Crippen LogP contribution in [0.2, 0.25) is 5.02 Å². The summed E-state index contributed by atoms with van der Waals surface area (Å²) in [7, 11) is 0. The quantitative estimate of drug-likeness (QED) is 0.792. The normalized spacial score (nSPS) is 15.1. The highest BCUT2D eigenvalue weighted by atomic mass is 35.5. The molecule has 1 aliphatic rings. The van der Waals surface area contributed by atoms with Gasteiger partial charge in [-0.05, 0) is 25.0 Å². The van der Waals surface area contributed by atoms with Crippen LogP contribution in [-0.2, 0) is 4.79 Å². The number of carbonyl (C=O) groups is 1. The zero-order valence-corrected chi connectivity index (χ0v) is 8.76. The zero-order valence-electron chi connectivity index (χ0n) is 8.00. The highest BCUT2D eigenvalue weighted by Crippen LogP contribution is 2.30. The number of Topliss-reactive ketones (excluding diaryl/α,β-unsaturated/α-hetero) is 1. The SMILES string of the molecule is O=C(COc1ccc(Cl)c(F)c1)C1CC1. The second kappa shape index (κ2) is 4.19. The van der Waals surface area contributed by atoms with E-state index in [1.165, 1.54) is 12.1 Å². The lowest BCUT2D eigenvalue weighted by atomic mass is 10.3. The van der Waals surface area contributed by atoms with E-state index in [9.17, 15) is 9.18 Å². The fourth-order valence-electron chi connectivity index (χ4n) is 1.24. The Morgan fingerprint density at radius 2 is 2.27 bits per heavy atom. The van der Waals surface area contributed by atoms with Crippen LogP contribution in [0.4, 0.5) is 4.39 Å². The zero-order chi connectivity index (χ0) is 10.8. The topological polar surface area (TPSA) is 26.3 Å². The number of rotatable bonds is 4. The number of hydrogen-bond donors (Lipinski definition) is 0. The van der Waals surface area contributed by atoms with Crippen LogP contribution in [0.15, 0.2) is 18.2 Å². The first-order valence-corrected chi connectivity index (χ1v) is 5.15. The van der Waals surface area contributed by atoms with Crippen LogP contribution in [0.5, 0.6) is 5.75 Å². The van der Waals surface area contributed by atoms with Crippen LogP contribution >= 0.6 is 11.6 Å². The van der Waals surface area contributed by atoms with E-state index in [-0.39, 0.29) is 23.3 Å². The predicted molar refractivity (Wildman–Crippen MR) is 54.6 cm³/mol. The van der Waals surface area contributed by atoms with Crippen molar-refractivity contribution in [3.8, 4) is 5.75 Å². The molecule has 1 saturated carbocycles. The van der Waals surface area contributed by atoms with Crippen molar-refractivity contribution in [3.05, 3.63) is 29.0 Å². The largest absolute Gasteiger partial charge is 0.486 e. The van der Waals surface area contributed by atoms with Crippen LogP contribution in [0.3, 0.4) is 0 Å². The number of halogens is 2. The van der Waals surface area contributed by atoms with Crippen LogP contribution in [0.25, 0.3) is 0 Å². The second-order valence-electron chi connectivity index (χ2n) is 3.61. The Hall–Kier alpha value is -1.09. The molecular weight excluding hydrogens is 219 g/mol. The first-order chi connectivity index (χ1) is 7.16. The molecule has 0 spiro atoms. The number of ketones is 1. The second-order valence-corrected chi connectivity index (χ2v) is 4.01. The molecule has 1 aliphatic carbocycles. The van der Waals surface area contributed by atoms with Gasteiger partial charge in [0, 0.05) is 12.0 Å². The fraction of sp³-hybridized carbons (Fsp3) is 0.364. The number of benzene rings is 1. The van der Waals surface area contributed by atoms with Crippen LogP contribution in [0, 0.1) is 11.7 Å². The molecule has 1 aromatic rings. The number of ether oxygens (including phenoxy) is 1. The van der Waals surface area contributed by atoms with Crippen molar-refractivity contribution >= 4 is 17.4 Å². The van der Waals surface area contributed by atoms with Crippen molar-refractivity contribution in [3.63, 3.8) is 0 Å². The van der Waals surface area contributed by atoms with Gasteiger partial charge in [0.25, 0.3) is 0 Å². The number of hydrogen-bond acceptors (Lipinski definition) is 2. The standard InChI is InChI=1S/C11H10ClFO2/c12-9-4-3-8(5-10(9)13)15-6-11(14)7-1-2-7/h3-5,7H,1-2,6H2. The van der Waals surface area contributed by atoms with Crippen molar-refractivity contribution in [2.24, 2.45) is 5.92 Å². The highest BCUT2D eigenvalue weighted by Gasteiger charge is 2.29. The molecule has 0 radical (unpaired) electrons. The molecule has 0 saturated heterocycles. The molecule has 0 heterocycles. The third-order valence-electron chi connectivity index (χ3n) is 2.30. The smallest absolute Gasteiger partial charge is 0.173 e. The van der Waals surface area contributed by atoms with E-state index in [1.807, 2.05) is 0 Å². The molecule has 15 heavy (non-hydrogen) atoms. The van der Waals surface area contributed by atoms with Gasteiger partial charge in [0.05, 0.1) is 5.02 Å². The van der Waals surface area contributed by atoms with Gasteiger partial charge in [-0.15, -0.1) is 0 Å². The van der Waals surface area contributed by atoms with Gasteiger partial charge in [-0.25, -0.2) is 4.39 Å². The minimum Gasteiger partial charge on any atom is -0.486 e. The van der Waals surface area contributed by atoms with E-state index in [1.54, 1.807) is 6.07 Å². The summed E-state index contributed by atoms with van der Waals surface area (Å²) < 4.78 is 18.1. The number of carbonyl (C=O) groups excluding carboxylic acids is 1. The Bertz CT molecular complexity index is 388. The third-order valence-corrected chi connectivity index (χ3v) is 2.61. The van der Waals surface area contributed by atoms with Gasteiger partial charge >= 0.3 is 0 Å². The molecule has 0 aliphatic heterocycles. The van der Waals surface area contributed by atoms with Crippen molar-refractivity contribution < 1.29 is 13.9 Å². The van der Waals surface area contributed by atoms with Crippen molar-refractivity contribution in [1.29, 1.82) is 0 Å². The maximum absolute atomic E-state index is 13.0. The monoisotopic (exact) mass is 228 g/mol. The minimum atomic E-state index is -0.534. The molecule has 0 N–H and O–H groups in total. The summed E-state index contributed by atoms with van der Waals surface area (Å²) in [5.41, 5.74) is 0. The first-order valence-electron chi connectivity index (χ1n) is 4.77. The van der Waals surface area contributed by atoms with Gasteiger partial charge in [0.1, 0.15) is 18.2 Å². The van der Waals surface area contributed by atoms with Crippen molar-refractivity contribution in [2.75, 3.05) is 6.61 Å². The summed E-state index contributed by atoms with van der Waals surface area (Å²) in [5.74, 6) is 0.0615. The summed E-state index contributed by atoms with van der Waals surface area (Å²) in [6.07, 6.45) is 1.91. The van der Waals surface area contributed by atoms with E-state index in [2.05, 4.69) is 0 Å². The summed E-state index contributed by atoms with van der Waals surface area (Å²) in [6.45, 7) is 0.0196. The lowest BCUT2D eigenvalue weighted by Gasteiger charge is -2.05. The molecule has 0 bridgehead atoms. The summed E-state index contributed by atoms with van der Waals surface area (Å²) in [6, 6.07) is 4.14. The van der Waals surface area contributed by atoms with Crippen molar-refractivity contribution in [2.45, 2.75) is 12.8 Å². The molecule has 0 unspecified atom stereocenters. The maximum Gasteiger partial charge on any atom is 0.173 e. The van der Waals surface area contributed by atoms with Gasteiger partial charge in [-0.1, -0.05) is 11.6 Å². The Morgan fingerprint density at radius 3 is 2.87 bits per heavy atom. The average Bonchev–Trinajstić information content (AvgIpc) is 3.03. The molecule has 2 rings (SSSR count). The van der Waals surface area contributed by atoms with Gasteiger partial charge < -0.3 is 4.74 Å². The lowest BCUT2D eigenvalue weighted by Crippen LogP contribution is -2.12. The van der Waals surface area contributed by atoms with Gasteiger partial charge in [-0.3, -0.25) is 4.79 Å². The molecule has 2 nitrogen and oxygen atoms in total. The maximum atomic E-state index is 13.0. The molecule has 80 valence electrons. The molecule has 4 heteroatoms. The first kappa shape index (κ1) is 10.4. The summed E-state index contributed by atoms with van der Waals surface area (Å²) in [4.78, 5) is 11.3. The summed E-state index contributed by atoms with van der Waals surface area (Å²) in [5, 5.41) is 0.0517. The van der Waals surface area contributed by atoms with Crippen LogP contribution in [-0.4, -0.2) is 12.4 Å². The Labute approximate surface area is 92.0 Å². The molecule has 1 fully saturated rings. The van der Waals surface area contributed by atoms with Crippen LogP contribution < -0.4 is 4.74 Å². The van der Waals surface area contributed by atoms with E-state index in [0.717, 1.165) is 12.8 Å². The lowest BCUT2D eigenvalue weighted by molar-refractivity contribution is -0.122. The Morgan fingerprint density at radius 1 is 1.53 bits per heavy atom. The molecule has 0 amide bonds. The van der Waals surface area contributed by atoms with E-state index >= 15 is 0 Å². The van der Waals surface area contributed by atoms with E-state index in [0.29, 0.717) is 5.75 Å². The van der Waals surface area contributed by atoms with Gasteiger partial charge in [0.15, 0.2) is 5.78 Å². The summed E-state index contributed by atoms with van der Waals surface area (Å²) >= 11 is 5.51. The molecular formula is C11H10ClFO2. The average molecular weight is 229 g/mol. The Balaban J connectivity index is 1.92. The van der Waals surface area contributed by atoms with Gasteiger partial charge in [0.2, 0.25) is 0 Å². The fourth-order valence-corrected chi connectivity index (χ4v) is 1.36. The van der Waals surface area contributed by atoms with E-state index < -0.39 is 5.82 Å². The van der Waals surface area contributed by atoms with Gasteiger partial charge in [-0.2, -0.15) is 0 Å².